The molecule has 6 rings (SSSR count). The molecule has 46 heavy (non-hydrogen) atoms. The van der Waals surface area contributed by atoms with Gasteiger partial charge in [0.25, 0.3) is 11.5 Å². The Kier molecular flexibility index (Phi) is 8.73. The van der Waals surface area contributed by atoms with Crippen LogP contribution in [0.4, 0.5) is 13.2 Å². The van der Waals surface area contributed by atoms with Crippen molar-refractivity contribution in [1.29, 1.82) is 0 Å². The number of hydrogen-bond donors (Lipinski definition) is 1. The number of aryl methyl sites for hydroxylation is 2. The number of nitrogens with one attached hydrogen (secondary N) is 1. The molecule has 240 valence electrons. The molecule has 0 saturated carbocycles. The molecule has 11 heteroatoms. The lowest BCUT2D eigenvalue weighted by Gasteiger charge is -2.33. The molecule has 2 atom stereocenters. The number of pyridine rings is 2. The molecular formula is C35H36F3N5O2S. The van der Waals surface area contributed by atoms with E-state index in [1.807, 2.05) is 56.9 Å². The van der Waals surface area contributed by atoms with Crippen molar-refractivity contribution < 1.29 is 18.0 Å². The standard InChI is InChI=1S/C35H36F3N5O2S/c1-5-21-8-7-9-22(6-2)31(21)43-29(14-20(3)4)26(33(44)42-17-24-11-12-25(18-42)40-24)15-27(34(43)45)32-41-28(19-46-32)23-10-13-30(39-16-23)35(36,37)38/h7-10,13-16,19,24-25,40H,5-6,11-12,17-18H2,1-4H3/t24-,25+. The average molecular weight is 648 g/mol. The zero-order chi connectivity index (χ0) is 32.7. The lowest BCUT2D eigenvalue weighted by Crippen LogP contribution is -2.53. The van der Waals surface area contributed by atoms with E-state index in [1.165, 1.54) is 17.4 Å². The molecule has 2 bridgehead atoms. The predicted octanol–water partition coefficient (Wildman–Crippen LogP) is 7.17. The van der Waals surface area contributed by atoms with E-state index in [-0.39, 0.29) is 29.1 Å². The minimum Gasteiger partial charge on any atom is -0.335 e. The summed E-state index contributed by atoms with van der Waals surface area (Å²) < 4.78 is 41.1. The maximum atomic E-state index is 14.7. The second kappa shape index (κ2) is 12.6. The Morgan fingerprint density at radius 3 is 2.30 bits per heavy atom. The number of alkyl halides is 3. The normalized spacial score (nSPS) is 17.8. The number of hydrogen-bond acceptors (Lipinski definition) is 6. The van der Waals surface area contributed by atoms with Gasteiger partial charge in [0.15, 0.2) is 0 Å². The quantitative estimate of drug-likeness (QED) is 0.230. The third-order valence-electron chi connectivity index (χ3n) is 8.67. The number of carbonyl (C=O) groups excluding carboxylic acids is 1. The Hall–Kier alpha value is -4.09. The van der Waals surface area contributed by atoms with Gasteiger partial charge in [-0.15, -0.1) is 11.3 Å². The SMILES string of the molecule is CCc1cccc(CC)c1-n1c(C=C(C)C)c(C(=O)N2C[C@H]3CC[C@@H](C2)N3)cc(-c2nc(-c3ccc(C(F)(F)F)nc3)cs2)c1=O. The van der Waals surface area contributed by atoms with E-state index in [0.717, 1.165) is 47.5 Å². The van der Waals surface area contributed by atoms with Crippen molar-refractivity contribution in [3.8, 4) is 27.5 Å². The predicted molar refractivity (Wildman–Crippen MR) is 175 cm³/mol. The molecule has 7 nitrogen and oxygen atoms in total. The molecule has 2 aliphatic rings. The van der Waals surface area contributed by atoms with Crippen molar-refractivity contribution >= 4 is 23.3 Å². The maximum Gasteiger partial charge on any atom is 0.433 e. The first-order valence-corrected chi connectivity index (χ1v) is 16.5. The Morgan fingerprint density at radius 2 is 1.74 bits per heavy atom. The van der Waals surface area contributed by atoms with Crippen LogP contribution in [0.2, 0.25) is 0 Å². The second-order valence-corrected chi connectivity index (χ2v) is 13.0. The van der Waals surface area contributed by atoms with Crippen LogP contribution in [-0.2, 0) is 19.0 Å². The number of likely N-dealkylation sites (tertiary alicyclic amines) is 1. The summed E-state index contributed by atoms with van der Waals surface area (Å²) in [4.78, 5) is 39.3. The van der Waals surface area contributed by atoms with E-state index in [9.17, 15) is 22.8 Å². The summed E-state index contributed by atoms with van der Waals surface area (Å²) in [7, 11) is 0. The minimum absolute atomic E-state index is 0.142. The van der Waals surface area contributed by atoms with Gasteiger partial charge in [-0.25, -0.2) is 4.98 Å². The monoisotopic (exact) mass is 647 g/mol. The molecule has 2 aliphatic heterocycles. The van der Waals surface area contributed by atoms with Crippen molar-refractivity contribution in [1.82, 2.24) is 24.8 Å². The second-order valence-electron chi connectivity index (χ2n) is 12.2. The topological polar surface area (TPSA) is 80.1 Å². The first kappa shape index (κ1) is 31.9. The van der Waals surface area contributed by atoms with E-state index in [4.69, 9.17) is 4.98 Å². The zero-order valence-electron chi connectivity index (χ0n) is 26.2. The summed E-state index contributed by atoms with van der Waals surface area (Å²) in [6, 6.07) is 10.4. The first-order chi connectivity index (χ1) is 22.0. The lowest BCUT2D eigenvalue weighted by atomic mass is 9.99. The fourth-order valence-corrected chi connectivity index (χ4v) is 7.31. The smallest absolute Gasteiger partial charge is 0.335 e. The van der Waals surface area contributed by atoms with E-state index in [2.05, 4.69) is 10.3 Å². The highest BCUT2D eigenvalue weighted by Crippen LogP contribution is 2.34. The highest BCUT2D eigenvalue weighted by atomic mass is 32.1. The Bertz CT molecular complexity index is 1840. The van der Waals surface area contributed by atoms with E-state index >= 15 is 0 Å². The first-order valence-electron chi connectivity index (χ1n) is 15.6. The minimum atomic E-state index is -4.55. The van der Waals surface area contributed by atoms with Gasteiger partial charge in [0.05, 0.1) is 28.2 Å². The average Bonchev–Trinajstić information content (AvgIpc) is 3.66. The van der Waals surface area contributed by atoms with E-state index in [0.29, 0.717) is 53.5 Å². The number of fused-ring (bicyclic) bond motifs is 2. The molecular weight excluding hydrogens is 611 g/mol. The number of rotatable bonds is 7. The number of carbonyl (C=O) groups is 1. The van der Waals surface area contributed by atoms with Crippen LogP contribution >= 0.6 is 11.3 Å². The number of nitrogens with zero attached hydrogens (tertiary/aromatic N) is 4. The molecule has 0 aliphatic carbocycles. The van der Waals surface area contributed by atoms with Gasteiger partial charge in [-0.3, -0.25) is 19.1 Å². The summed E-state index contributed by atoms with van der Waals surface area (Å²) in [5.41, 5.74) is 4.37. The van der Waals surface area contributed by atoms with Crippen molar-refractivity contribution in [2.45, 2.75) is 71.6 Å². The maximum absolute atomic E-state index is 14.7. The number of aromatic nitrogens is 3. The van der Waals surface area contributed by atoms with Crippen LogP contribution in [-0.4, -0.2) is 50.5 Å². The number of amides is 1. The fourth-order valence-electron chi connectivity index (χ4n) is 6.47. The van der Waals surface area contributed by atoms with E-state index in [1.54, 1.807) is 16.0 Å². The highest BCUT2D eigenvalue weighted by molar-refractivity contribution is 7.13. The van der Waals surface area contributed by atoms with Crippen molar-refractivity contribution in [3.05, 3.63) is 92.0 Å². The highest BCUT2D eigenvalue weighted by Gasteiger charge is 2.36. The molecule has 2 fully saturated rings. The summed E-state index contributed by atoms with van der Waals surface area (Å²) in [5, 5.41) is 5.65. The van der Waals surface area contributed by atoms with E-state index < -0.39 is 11.9 Å². The van der Waals surface area contributed by atoms with Gasteiger partial charge < -0.3 is 10.2 Å². The molecule has 1 aromatic carbocycles. The van der Waals surface area contributed by atoms with Gasteiger partial charge >= 0.3 is 6.18 Å². The number of allylic oxidation sites excluding steroid dienone is 1. The van der Waals surface area contributed by atoms with Gasteiger partial charge in [0, 0.05) is 42.3 Å². The number of piperazine rings is 1. The van der Waals surface area contributed by atoms with Crippen LogP contribution in [0.1, 0.15) is 73.4 Å². The molecule has 3 aromatic heterocycles. The molecule has 1 N–H and O–H groups in total. The third-order valence-corrected chi connectivity index (χ3v) is 9.55. The summed E-state index contributed by atoms with van der Waals surface area (Å²) >= 11 is 1.21. The number of para-hydroxylation sites is 1. The largest absolute Gasteiger partial charge is 0.433 e. The van der Waals surface area contributed by atoms with Gasteiger partial charge in [-0.1, -0.05) is 37.6 Å². The fraction of sp³-hybridized carbons (Fsp3) is 0.371. The number of benzene rings is 1. The van der Waals surface area contributed by atoms with Crippen LogP contribution in [0.15, 0.2) is 58.3 Å². The zero-order valence-corrected chi connectivity index (χ0v) is 27.1. The lowest BCUT2D eigenvalue weighted by molar-refractivity contribution is -0.141. The van der Waals surface area contributed by atoms with Crippen LogP contribution in [0.25, 0.3) is 33.6 Å². The van der Waals surface area contributed by atoms with Crippen molar-refractivity contribution in [2.24, 2.45) is 0 Å². The van der Waals surface area contributed by atoms with Crippen molar-refractivity contribution in [2.75, 3.05) is 13.1 Å². The molecule has 0 radical (unpaired) electrons. The molecule has 2 saturated heterocycles. The number of halogens is 3. The van der Waals surface area contributed by atoms with Gasteiger partial charge in [-0.2, -0.15) is 13.2 Å². The van der Waals surface area contributed by atoms with Crippen molar-refractivity contribution in [3.63, 3.8) is 0 Å². The molecule has 4 aromatic rings. The van der Waals surface area contributed by atoms with Gasteiger partial charge in [0.2, 0.25) is 0 Å². The molecule has 5 heterocycles. The molecule has 1 amide bonds. The van der Waals surface area contributed by atoms with Gasteiger partial charge in [0.1, 0.15) is 10.7 Å². The molecule has 0 spiro atoms. The number of thiazole rings is 1. The Labute approximate surface area is 269 Å². The third kappa shape index (κ3) is 6.05. The van der Waals surface area contributed by atoms with Crippen LogP contribution < -0.4 is 10.9 Å². The Balaban J connectivity index is 1.57. The van der Waals surface area contributed by atoms with Crippen LogP contribution in [0.5, 0.6) is 0 Å². The van der Waals surface area contributed by atoms with Gasteiger partial charge in [-0.05, 0) is 74.9 Å². The molecule has 0 unspecified atom stereocenters. The van der Waals surface area contributed by atoms with Crippen LogP contribution in [0.3, 0.4) is 0 Å². The summed E-state index contributed by atoms with van der Waals surface area (Å²) in [6.07, 6.45) is 1.89. The van der Waals surface area contributed by atoms with Crippen LogP contribution in [0, 0.1) is 0 Å². The summed E-state index contributed by atoms with van der Waals surface area (Å²) in [6.45, 7) is 9.15. The summed E-state index contributed by atoms with van der Waals surface area (Å²) in [5.74, 6) is -0.142. The Morgan fingerprint density at radius 1 is 1.07 bits per heavy atom.